The van der Waals surface area contributed by atoms with E-state index in [4.69, 9.17) is 5.73 Å². The molecular formula is C12H9F3N2O2S. The van der Waals surface area contributed by atoms with Crippen molar-refractivity contribution in [2.45, 2.75) is 4.90 Å². The zero-order valence-corrected chi connectivity index (χ0v) is 10.7. The van der Waals surface area contributed by atoms with E-state index in [1.807, 2.05) is 4.72 Å². The average Bonchev–Trinajstić information content (AvgIpc) is 2.36. The Morgan fingerprint density at radius 3 is 2.30 bits per heavy atom. The predicted octanol–water partition coefficient (Wildman–Crippen LogP) is 2.49. The summed E-state index contributed by atoms with van der Waals surface area (Å²) in [5.41, 5.74) is 4.59. The number of nitrogens with one attached hydrogen (secondary N) is 1. The van der Waals surface area contributed by atoms with Crippen LogP contribution in [0.1, 0.15) is 0 Å². The van der Waals surface area contributed by atoms with Crippen LogP contribution in [-0.2, 0) is 10.0 Å². The van der Waals surface area contributed by atoms with Crippen LogP contribution in [0.4, 0.5) is 24.5 Å². The number of rotatable bonds is 3. The first-order valence-corrected chi connectivity index (χ1v) is 6.81. The lowest BCUT2D eigenvalue weighted by molar-refractivity contribution is 0.509. The minimum absolute atomic E-state index is 0.201. The molecule has 0 aliphatic rings. The minimum atomic E-state index is -4.20. The van der Waals surface area contributed by atoms with Crippen LogP contribution in [0, 0.1) is 17.5 Å². The van der Waals surface area contributed by atoms with Gasteiger partial charge in [-0.15, -0.1) is 0 Å². The molecule has 0 fully saturated rings. The molecule has 0 bridgehead atoms. The summed E-state index contributed by atoms with van der Waals surface area (Å²) in [7, 11) is -4.20. The number of hydrogen-bond acceptors (Lipinski definition) is 3. The molecule has 0 aromatic heterocycles. The van der Waals surface area contributed by atoms with Gasteiger partial charge in [0, 0.05) is 6.07 Å². The Morgan fingerprint density at radius 1 is 0.950 bits per heavy atom. The number of nitrogen functional groups attached to an aromatic ring is 1. The predicted molar refractivity (Wildman–Crippen MR) is 68.0 cm³/mol. The Balaban J connectivity index is 2.41. The van der Waals surface area contributed by atoms with Gasteiger partial charge >= 0.3 is 0 Å². The van der Waals surface area contributed by atoms with E-state index in [2.05, 4.69) is 0 Å². The molecule has 2 rings (SSSR count). The number of halogens is 3. The van der Waals surface area contributed by atoms with Crippen LogP contribution in [0.15, 0.2) is 41.3 Å². The summed E-state index contributed by atoms with van der Waals surface area (Å²) >= 11 is 0. The molecule has 0 saturated heterocycles. The third-order valence-electron chi connectivity index (χ3n) is 2.47. The maximum Gasteiger partial charge on any atom is 0.264 e. The molecule has 3 N–H and O–H groups in total. The number of sulfonamides is 1. The summed E-state index contributed by atoms with van der Waals surface area (Å²) in [6.07, 6.45) is 0. The first-order chi connectivity index (χ1) is 9.31. The van der Waals surface area contributed by atoms with Crippen LogP contribution < -0.4 is 10.5 Å². The topological polar surface area (TPSA) is 72.2 Å². The molecule has 4 nitrogen and oxygen atoms in total. The van der Waals surface area contributed by atoms with Crippen LogP contribution in [0.5, 0.6) is 0 Å². The van der Waals surface area contributed by atoms with Gasteiger partial charge in [0.25, 0.3) is 10.0 Å². The van der Waals surface area contributed by atoms with Crippen molar-refractivity contribution >= 4 is 21.4 Å². The van der Waals surface area contributed by atoms with Crippen molar-refractivity contribution in [3.63, 3.8) is 0 Å². The molecule has 0 aliphatic heterocycles. The highest BCUT2D eigenvalue weighted by atomic mass is 32.2. The van der Waals surface area contributed by atoms with E-state index in [0.717, 1.165) is 24.3 Å². The molecule has 0 saturated carbocycles. The lowest BCUT2D eigenvalue weighted by atomic mass is 10.3. The van der Waals surface area contributed by atoms with Gasteiger partial charge in [-0.2, -0.15) is 0 Å². The van der Waals surface area contributed by atoms with E-state index >= 15 is 0 Å². The number of anilines is 2. The molecule has 0 aliphatic carbocycles. The third kappa shape index (κ3) is 2.69. The summed E-state index contributed by atoms with van der Waals surface area (Å²) < 4.78 is 65.0. The fraction of sp³-hybridized carbons (Fsp3) is 0. The van der Waals surface area contributed by atoms with E-state index in [9.17, 15) is 21.6 Å². The Kier molecular flexibility index (Phi) is 3.58. The number of para-hydroxylation sites is 1. The maximum atomic E-state index is 13.2. The van der Waals surface area contributed by atoms with Crippen LogP contribution >= 0.6 is 0 Å². The quantitative estimate of drug-likeness (QED) is 0.856. The zero-order chi connectivity index (χ0) is 14.9. The van der Waals surface area contributed by atoms with E-state index in [0.29, 0.717) is 6.07 Å². The normalized spacial score (nSPS) is 11.3. The minimum Gasteiger partial charge on any atom is -0.395 e. The van der Waals surface area contributed by atoms with Crippen molar-refractivity contribution in [3.05, 3.63) is 53.8 Å². The molecule has 0 atom stereocenters. The van der Waals surface area contributed by atoms with E-state index in [-0.39, 0.29) is 5.69 Å². The van der Waals surface area contributed by atoms with Gasteiger partial charge in [-0.1, -0.05) is 6.07 Å². The fourth-order valence-corrected chi connectivity index (χ4v) is 2.71. The first kappa shape index (κ1) is 14.2. The highest BCUT2D eigenvalue weighted by molar-refractivity contribution is 7.92. The van der Waals surface area contributed by atoms with Gasteiger partial charge < -0.3 is 5.73 Å². The van der Waals surface area contributed by atoms with E-state index in [1.165, 1.54) is 6.07 Å². The number of hydrogen-bond donors (Lipinski definition) is 2. The smallest absolute Gasteiger partial charge is 0.264 e. The molecule has 0 unspecified atom stereocenters. The van der Waals surface area contributed by atoms with E-state index in [1.54, 1.807) is 0 Å². The van der Waals surface area contributed by atoms with Crippen LogP contribution in [0.3, 0.4) is 0 Å². The molecule has 2 aromatic carbocycles. The lowest BCUT2D eigenvalue weighted by Gasteiger charge is -2.10. The molecule has 20 heavy (non-hydrogen) atoms. The second-order valence-corrected chi connectivity index (χ2v) is 5.54. The van der Waals surface area contributed by atoms with Gasteiger partial charge in [-0.3, -0.25) is 4.72 Å². The largest absolute Gasteiger partial charge is 0.395 e. The van der Waals surface area contributed by atoms with E-state index < -0.39 is 38.1 Å². The lowest BCUT2D eigenvalue weighted by Crippen LogP contribution is -2.15. The standard InChI is InChI=1S/C12H9F3N2O2S/c13-8-5-4-7(6-10(8)15)17-20(18,19)11-3-1-2-9(14)12(11)16/h1-6,17H,16H2. The summed E-state index contributed by atoms with van der Waals surface area (Å²) in [4.78, 5) is -0.484. The summed E-state index contributed by atoms with van der Waals surface area (Å²) in [6, 6.07) is 5.74. The Bertz CT molecular complexity index is 763. The molecule has 0 spiro atoms. The van der Waals surface area contributed by atoms with Gasteiger partial charge in [-0.05, 0) is 24.3 Å². The number of nitrogens with two attached hydrogens (primary N) is 1. The SMILES string of the molecule is Nc1c(F)cccc1S(=O)(=O)Nc1ccc(F)c(F)c1. The van der Waals surface area contributed by atoms with Gasteiger partial charge in [0.15, 0.2) is 11.6 Å². The van der Waals surface area contributed by atoms with Crippen molar-refractivity contribution < 1.29 is 21.6 Å². The Morgan fingerprint density at radius 2 is 1.65 bits per heavy atom. The van der Waals surface area contributed by atoms with Crippen molar-refractivity contribution in [2.75, 3.05) is 10.5 Å². The maximum absolute atomic E-state index is 13.2. The second kappa shape index (κ2) is 5.04. The zero-order valence-electron chi connectivity index (χ0n) is 9.90. The molecular weight excluding hydrogens is 293 g/mol. The van der Waals surface area contributed by atoms with Crippen molar-refractivity contribution in [2.24, 2.45) is 0 Å². The summed E-state index contributed by atoms with van der Waals surface area (Å²) in [6.45, 7) is 0. The highest BCUT2D eigenvalue weighted by Crippen LogP contribution is 2.24. The van der Waals surface area contributed by atoms with Gasteiger partial charge in [0.05, 0.1) is 11.4 Å². The van der Waals surface area contributed by atoms with Gasteiger partial charge in [0.1, 0.15) is 10.7 Å². The molecule has 2 aromatic rings. The first-order valence-electron chi connectivity index (χ1n) is 5.33. The summed E-state index contributed by atoms with van der Waals surface area (Å²) in [5, 5.41) is 0. The van der Waals surface area contributed by atoms with Crippen molar-refractivity contribution in [1.29, 1.82) is 0 Å². The second-order valence-electron chi connectivity index (χ2n) is 3.89. The monoisotopic (exact) mass is 302 g/mol. The summed E-state index contributed by atoms with van der Waals surface area (Å²) in [5.74, 6) is -3.21. The van der Waals surface area contributed by atoms with Crippen LogP contribution in [-0.4, -0.2) is 8.42 Å². The van der Waals surface area contributed by atoms with Crippen LogP contribution in [0.25, 0.3) is 0 Å². The number of benzene rings is 2. The molecule has 106 valence electrons. The molecule has 0 heterocycles. The van der Waals surface area contributed by atoms with Crippen molar-refractivity contribution in [3.8, 4) is 0 Å². The molecule has 8 heteroatoms. The Hall–Kier alpha value is -2.22. The van der Waals surface area contributed by atoms with Gasteiger partial charge in [0.2, 0.25) is 0 Å². The third-order valence-corrected chi connectivity index (χ3v) is 3.91. The highest BCUT2D eigenvalue weighted by Gasteiger charge is 2.20. The Labute approximate surface area is 113 Å². The molecule has 0 amide bonds. The molecule has 0 radical (unpaired) electrons. The average molecular weight is 302 g/mol. The van der Waals surface area contributed by atoms with Crippen LogP contribution in [0.2, 0.25) is 0 Å². The van der Waals surface area contributed by atoms with Crippen molar-refractivity contribution in [1.82, 2.24) is 0 Å². The van der Waals surface area contributed by atoms with Gasteiger partial charge in [-0.25, -0.2) is 21.6 Å². The fourth-order valence-electron chi connectivity index (χ4n) is 1.52.